The van der Waals surface area contributed by atoms with Crippen LogP contribution in [-0.4, -0.2) is 37.8 Å². The minimum absolute atomic E-state index is 0.0224. The Morgan fingerprint density at radius 1 is 0.857 bits per heavy atom. The molecule has 0 radical (unpaired) electrons. The molecule has 1 atom stereocenters. The molecule has 0 aliphatic heterocycles. The minimum atomic E-state index is -4.34. The van der Waals surface area contributed by atoms with Crippen LogP contribution in [0.5, 0.6) is 17.2 Å². The lowest BCUT2D eigenvalue weighted by molar-refractivity contribution is 0.0696. The van der Waals surface area contributed by atoms with E-state index in [2.05, 4.69) is 13.5 Å². The van der Waals surface area contributed by atoms with Gasteiger partial charge in [0.2, 0.25) is 0 Å². The van der Waals surface area contributed by atoms with E-state index in [1.807, 2.05) is 24.3 Å². The largest absolute Gasteiger partial charge is 0.494 e. The van der Waals surface area contributed by atoms with Crippen LogP contribution in [0.2, 0.25) is 0 Å². The van der Waals surface area contributed by atoms with Crippen molar-refractivity contribution in [2.75, 3.05) is 13.2 Å². The van der Waals surface area contributed by atoms with Crippen LogP contribution in [0.15, 0.2) is 143 Å². The monoisotopic (exact) mass is 696 g/mol. The molecule has 0 spiro atoms. The molecule has 0 saturated carbocycles. The van der Waals surface area contributed by atoms with Crippen LogP contribution in [0.25, 0.3) is 11.1 Å². The normalized spacial score (nSPS) is 11.8. The summed E-state index contributed by atoms with van der Waals surface area (Å²) in [6.07, 6.45) is 2.20. The van der Waals surface area contributed by atoms with Crippen LogP contribution in [-0.2, 0) is 10.1 Å². The highest BCUT2D eigenvalue weighted by Crippen LogP contribution is 2.40. The van der Waals surface area contributed by atoms with E-state index in [0.717, 1.165) is 23.5 Å². The Hall–Kier alpha value is -5.03. The summed E-state index contributed by atoms with van der Waals surface area (Å²) < 4.78 is 44.9. The van der Waals surface area contributed by atoms with Gasteiger partial charge in [-0.3, -0.25) is 0 Å². The molecule has 0 aromatic heterocycles. The van der Waals surface area contributed by atoms with E-state index >= 15 is 0 Å². The average molecular weight is 697 g/mol. The molecule has 0 amide bonds. The summed E-state index contributed by atoms with van der Waals surface area (Å²) in [6.45, 7) is 6.52. The molecule has 10 heteroatoms. The average Bonchev–Trinajstić information content (AvgIpc) is 3.11. The van der Waals surface area contributed by atoms with Crippen molar-refractivity contribution in [3.63, 3.8) is 0 Å². The third-order valence-corrected chi connectivity index (χ3v) is 9.96. The van der Waals surface area contributed by atoms with Gasteiger partial charge in [-0.25, -0.2) is 4.79 Å². The number of unbranched alkanes of at least 4 members (excludes halogenated alkanes) is 1. The predicted molar refractivity (Wildman–Crippen MR) is 190 cm³/mol. The maximum Gasteiger partial charge on any atom is 0.340 e. The SMILES string of the molecule is C=CCOc1ccc(C(=O)O)cc1C(O)c1ccccc1-c1ccc(Sc2ccc(OCCCC)cc2)c(S(=O)(=O)Oc2ccccc2)c1. The van der Waals surface area contributed by atoms with E-state index in [0.29, 0.717) is 33.9 Å². The van der Waals surface area contributed by atoms with E-state index in [1.165, 1.54) is 36.0 Å². The highest BCUT2D eigenvalue weighted by Gasteiger charge is 2.26. The van der Waals surface area contributed by atoms with Crippen molar-refractivity contribution in [2.45, 2.75) is 40.6 Å². The molecular weight excluding hydrogens is 661 g/mol. The fourth-order valence-electron chi connectivity index (χ4n) is 5.01. The molecule has 0 fully saturated rings. The summed E-state index contributed by atoms with van der Waals surface area (Å²) in [6, 6.07) is 32.0. The number of benzene rings is 5. The smallest absolute Gasteiger partial charge is 0.340 e. The second-order valence-corrected chi connectivity index (χ2v) is 13.6. The molecule has 252 valence electrons. The fraction of sp³-hybridized carbons (Fsp3) is 0.154. The molecule has 5 aromatic carbocycles. The lowest BCUT2D eigenvalue weighted by Gasteiger charge is -2.20. The van der Waals surface area contributed by atoms with Crippen molar-refractivity contribution in [3.8, 4) is 28.4 Å². The van der Waals surface area contributed by atoms with Crippen molar-refractivity contribution >= 4 is 27.8 Å². The zero-order valence-electron chi connectivity index (χ0n) is 26.8. The highest BCUT2D eigenvalue weighted by molar-refractivity contribution is 8.00. The first kappa shape index (κ1) is 35.3. The molecule has 5 aromatic rings. The summed E-state index contributed by atoms with van der Waals surface area (Å²) in [7, 11) is -4.34. The Morgan fingerprint density at radius 3 is 2.31 bits per heavy atom. The number of aliphatic hydroxyl groups is 1. The number of aromatic carboxylic acids is 1. The highest BCUT2D eigenvalue weighted by atomic mass is 32.2. The van der Waals surface area contributed by atoms with Crippen molar-refractivity contribution in [2.24, 2.45) is 0 Å². The maximum absolute atomic E-state index is 13.9. The number of carbonyl (C=O) groups is 1. The molecule has 8 nitrogen and oxygen atoms in total. The van der Waals surface area contributed by atoms with Crippen molar-refractivity contribution in [1.29, 1.82) is 0 Å². The second-order valence-electron chi connectivity index (χ2n) is 10.9. The van der Waals surface area contributed by atoms with Crippen LogP contribution in [0.4, 0.5) is 0 Å². The van der Waals surface area contributed by atoms with Gasteiger partial charge in [0.25, 0.3) is 0 Å². The quantitative estimate of drug-likeness (QED) is 0.0593. The van der Waals surface area contributed by atoms with Gasteiger partial charge in [0.05, 0.1) is 12.2 Å². The molecule has 49 heavy (non-hydrogen) atoms. The first-order valence-electron chi connectivity index (χ1n) is 15.6. The van der Waals surface area contributed by atoms with Crippen LogP contribution >= 0.6 is 11.8 Å². The topological polar surface area (TPSA) is 119 Å². The summed E-state index contributed by atoms with van der Waals surface area (Å²) in [5.41, 5.74) is 1.66. The van der Waals surface area contributed by atoms with Crippen LogP contribution in [0, 0.1) is 0 Å². The van der Waals surface area contributed by atoms with Crippen molar-refractivity contribution < 1.29 is 37.1 Å². The molecule has 2 N–H and O–H groups in total. The minimum Gasteiger partial charge on any atom is -0.494 e. The van der Waals surface area contributed by atoms with Gasteiger partial charge in [0.15, 0.2) is 0 Å². The Labute approximate surface area is 290 Å². The zero-order valence-corrected chi connectivity index (χ0v) is 28.5. The van der Waals surface area contributed by atoms with Gasteiger partial charge in [-0.15, -0.1) is 0 Å². The van der Waals surface area contributed by atoms with Gasteiger partial charge in [0, 0.05) is 15.4 Å². The van der Waals surface area contributed by atoms with Gasteiger partial charge in [-0.1, -0.05) is 86.3 Å². The van der Waals surface area contributed by atoms with E-state index < -0.39 is 22.2 Å². The van der Waals surface area contributed by atoms with Crippen LogP contribution in [0.3, 0.4) is 0 Å². The lowest BCUT2D eigenvalue weighted by atomic mass is 9.91. The number of aliphatic hydroxyl groups excluding tert-OH is 1. The third kappa shape index (κ3) is 8.91. The number of carboxylic acid groups (broad SMARTS) is 1. The van der Waals surface area contributed by atoms with Gasteiger partial charge < -0.3 is 23.9 Å². The first-order chi connectivity index (χ1) is 23.7. The summed E-state index contributed by atoms with van der Waals surface area (Å²) >= 11 is 1.27. The summed E-state index contributed by atoms with van der Waals surface area (Å²) in [4.78, 5) is 13.0. The third-order valence-electron chi connectivity index (χ3n) is 7.45. The molecule has 1 unspecified atom stereocenters. The molecular formula is C39H36O8S2. The number of carboxylic acids is 1. The summed E-state index contributed by atoms with van der Waals surface area (Å²) in [5, 5.41) is 21.4. The van der Waals surface area contributed by atoms with Crippen molar-refractivity contribution in [3.05, 3.63) is 145 Å². The second kappa shape index (κ2) is 16.4. The Bertz CT molecular complexity index is 2010. The maximum atomic E-state index is 13.9. The molecule has 5 rings (SSSR count). The molecule has 0 heterocycles. The zero-order chi connectivity index (χ0) is 34.8. The lowest BCUT2D eigenvalue weighted by Crippen LogP contribution is -2.11. The van der Waals surface area contributed by atoms with Gasteiger partial charge in [-0.2, -0.15) is 8.42 Å². The molecule has 0 aliphatic rings. The predicted octanol–water partition coefficient (Wildman–Crippen LogP) is 8.80. The van der Waals surface area contributed by atoms with Crippen LogP contribution in [0.1, 0.15) is 47.4 Å². The van der Waals surface area contributed by atoms with E-state index in [9.17, 15) is 23.4 Å². The number of hydrogen-bond acceptors (Lipinski definition) is 8. The number of para-hydroxylation sites is 1. The van der Waals surface area contributed by atoms with Crippen molar-refractivity contribution in [1.82, 2.24) is 0 Å². The fourth-order valence-corrected chi connectivity index (χ4v) is 7.30. The van der Waals surface area contributed by atoms with Crippen LogP contribution < -0.4 is 13.7 Å². The Balaban J connectivity index is 1.57. The number of ether oxygens (including phenoxy) is 2. The first-order valence-corrected chi connectivity index (χ1v) is 17.8. The van der Waals surface area contributed by atoms with Gasteiger partial charge >= 0.3 is 16.1 Å². The van der Waals surface area contributed by atoms with E-state index in [4.69, 9.17) is 13.7 Å². The standard InChI is InChI=1S/C39H36O8S2/c1-3-5-24-45-29-17-19-31(20-18-29)48-36-22-16-27(26-37(36)49(43,44)47-30-11-7-6-8-12-30)32-13-9-10-14-33(32)38(40)34-25-28(39(41)42)15-21-35(34)46-23-4-2/h4,6-22,25-26,38,40H,2-3,5,23-24H2,1H3,(H,41,42). The van der Waals surface area contributed by atoms with E-state index in [-0.39, 0.29) is 28.4 Å². The van der Waals surface area contributed by atoms with E-state index in [1.54, 1.807) is 72.8 Å². The van der Waals surface area contributed by atoms with Gasteiger partial charge in [-0.05, 0) is 89.8 Å². The molecule has 0 aliphatic carbocycles. The van der Waals surface area contributed by atoms with Gasteiger partial charge in [0.1, 0.15) is 34.9 Å². The Morgan fingerprint density at radius 2 is 1.59 bits per heavy atom. The Kier molecular flexibility index (Phi) is 11.8. The molecule has 0 bridgehead atoms. The summed E-state index contributed by atoms with van der Waals surface area (Å²) in [5.74, 6) is 0.0337. The number of rotatable bonds is 16. The molecule has 0 saturated heterocycles. The number of hydrogen-bond donors (Lipinski definition) is 2.